The van der Waals surface area contributed by atoms with E-state index in [1.54, 1.807) is 16.2 Å². The van der Waals surface area contributed by atoms with Crippen molar-refractivity contribution in [2.24, 2.45) is 0 Å². The molecule has 2 heterocycles. The smallest absolute Gasteiger partial charge is 0.410 e. The van der Waals surface area contributed by atoms with Crippen LogP contribution in [0.15, 0.2) is 47.8 Å². The fourth-order valence-electron chi connectivity index (χ4n) is 3.00. The molecule has 6 heteroatoms. The molecule has 1 aromatic heterocycles. The molecule has 2 aromatic rings. The number of thiophene rings is 1. The number of amides is 2. The predicted molar refractivity (Wildman–Crippen MR) is 102 cm³/mol. The van der Waals surface area contributed by atoms with Crippen molar-refractivity contribution in [3.63, 3.8) is 0 Å². The molecule has 0 N–H and O–H groups in total. The number of hydrogen-bond donors (Lipinski definition) is 0. The summed E-state index contributed by atoms with van der Waals surface area (Å²) in [4.78, 5) is 29.5. The van der Waals surface area contributed by atoms with E-state index in [1.807, 2.05) is 46.7 Å². The molecule has 2 amide bonds. The number of hydrogen-bond acceptors (Lipinski definition) is 4. The molecule has 0 spiro atoms. The van der Waals surface area contributed by atoms with E-state index in [0.29, 0.717) is 32.6 Å². The molecule has 0 bridgehead atoms. The Balaban J connectivity index is 1.43. The monoisotopic (exact) mass is 372 g/mol. The molecule has 0 unspecified atom stereocenters. The Hall–Kier alpha value is -2.34. The third-order valence-electron chi connectivity index (χ3n) is 4.48. The summed E-state index contributed by atoms with van der Waals surface area (Å²) in [7, 11) is 0. The topological polar surface area (TPSA) is 49.9 Å². The first-order chi connectivity index (χ1) is 12.7. The van der Waals surface area contributed by atoms with Gasteiger partial charge in [-0.1, -0.05) is 36.4 Å². The van der Waals surface area contributed by atoms with Gasteiger partial charge in [-0.3, -0.25) is 4.79 Å². The van der Waals surface area contributed by atoms with E-state index in [-0.39, 0.29) is 18.6 Å². The average molecular weight is 372 g/mol. The van der Waals surface area contributed by atoms with Crippen molar-refractivity contribution in [3.05, 3.63) is 58.3 Å². The maximum absolute atomic E-state index is 12.4. The van der Waals surface area contributed by atoms with Crippen LogP contribution in [0.1, 0.15) is 23.3 Å². The minimum absolute atomic E-state index is 0.165. The maximum Gasteiger partial charge on any atom is 0.410 e. The lowest BCUT2D eigenvalue weighted by Gasteiger charge is -2.22. The van der Waals surface area contributed by atoms with Crippen LogP contribution in [-0.4, -0.2) is 48.0 Å². The molecule has 5 nitrogen and oxygen atoms in total. The highest BCUT2D eigenvalue weighted by Crippen LogP contribution is 2.13. The first kappa shape index (κ1) is 18.5. The average Bonchev–Trinajstić information content (AvgIpc) is 3.07. The van der Waals surface area contributed by atoms with Gasteiger partial charge in [0.1, 0.15) is 6.61 Å². The van der Waals surface area contributed by atoms with E-state index in [9.17, 15) is 9.59 Å². The lowest BCUT2D eigenvalue weighted by molar-refractivity contribution is -0.131. The summed E-state index contributed by atoms with van der Waals surface area (Å²) in [5, 5.41) is 2.03. The third-order valence-corrected chi connectivity index (χ3v) is 5.41. The van der Waals surface area contributed by atoms with Gasteiger partial charge in [0.2, 0.25) is 5.91 Å². The van der Waals surface area contributed by atoms with E-state index in [4.69, 9.17) is 4.74 Å². The van der Waals surface area contributed by atoms with Crippen molar-refractivity contribution < 1.29 is 14.3 Å². The minimum atomic E-state index is -0.304. The lowest BCUT2D eigenvalue weighted by Crippen LogP contribution is -2.37. The van der Waals surface area contributed by atoms with Crippen LogP contribution in [0.25, 0.3) is 0 Å². The van der Waals surface area contributed by atoms with Crippen molar-refractivity contribution in [1.29, 1.82) is 0 Å². The van der Waals surface area contributed by atoms with Gasteiger partial charge in [0.15, 0.2) is 0 Å². The molecular formula is C20H24N2O3S. The molecule has 1 aliphatic rings. The maximum atomic E-state index is 12.4. The second-order valence-electron chi connectivity index (χ2n) is 6.34. The number of rotatable bonds is 5. The number of carbonyl (C=O) groups is 2. The molecule has 0 aliphatic carbocycles. The zero-order valence-electron chi connectivity index (χ0n) is 14.8. The van der Waals surface area contributed by atoms with Crippen molar-refractivity contribution >= 4 is 23.3 Å². The zero-order valence-corrected chi connectivity index (χ0v) is 15.6. The number of benzene rings is 1. The summed E-state index contributed by atoms with van der Waals surface area (Å²) >= 11 is 1.68. The normalized spacial score (nSPS) is 14.8. The number of carbonyl (C=O) groups excluding carboxylic acids is 2. The standard InChI is InChI=1S/C20H24N2O3S/c23-19(10-9-18-8-4-15-26-18)21-11-5-12-22(14-13-21)20(24)25-16-17-6-2-1-3-7-17/h1-4,6-8,15H,5,9-14,16H2. The summed E-state index contributed by atoms with van der Waals surface area (Å²) in [5.41, 5.74) is 0.973. The summed E-state index contributed by atoms with van der Waals surface area (Å²) in [6.45, 7) is 2.70. The van der Waals surface area contributed by atoms with Crippen LogP contribution in [0, 0.1) is 0 Å². The van der Waals surface area contributed by atoms with Gasteiger partial charge < -0.3 is 14.5 Å². The Bertz CT molecular complexity index is 703. The summed E-state index contributed by atoms with van der Waals surface area (Å²) < 4.78 is 5.40. The molecule has 0 atom stereocenters. The summed E-state index contributed by atoms with van der Waals surface area (Å²) in [6, 6.07) is 13.7. The Morgan fingerprint density at radius 2 is 1.73 bits per heavy atom. The lowest BCUT2D eigenvalue weighted by atomic mass is 10.2. The van der Waals surface area contributed by atoms with Crippen molar-refractivity contribution in [2.45, 2.75) is 25.9 Å². The van der Waals surface area contributed by atoms with Gasteiger partial charge >= 0.3 is 6.09 Å². The van der Waals surface area contributed by atoms with Crippen molar-refractivity contribution in [2.75, 3.05) is 26.2 Å². The van der Waals surface area contributed by atoms with E-state index >= 15 is 0 Å². The van der Waals surface area contributed by atoms with Crippen molar-refractivity contribution in [3.8, 4) is 0 Å². The molecule has 1 aliphatic heterocycles. The van der Waals surface area contributed by atoms with E-state index < -0.39 is 0 Å². The van der Waals surface area contributed by atoms with Crippen LogP contribution in [0.4, 0.5) is 4.79 Å². The van der Waals surface area contributed by atoms with Crippen molar-refractivity contribution in [1.82, 2.24) is 9.80 Å². The Kier molecular flexibility index (Phi) is 6.66. The van der Waals surface area contributed by atoms with Gasteiger partial charge in [-0.05, 0) is 29.9 Å². The Morgan fingerprint density at radius 1 is 0.962 bits per heavy atom. The molecule has 0 radical (unpaired) electrons. The Labute approximate surface area is 158 Å². The van der Waals surface area contributed by atoms with Crippen LogP contribution >= 0.6 is 11.3 Å². The third kappa shape index (κ3) is 5.33. The van der Waals surface area contributed by atoms with E-state index in [1.165, 1.54) is 4.88 Å². The molecule has 1 saturated heterocycles. The van der Waals surface area contributed by atoms with Crippen LogP contribution in [-0.2, 0) is 22.6 Å². The number of aryl methyl sites for hydroxylation is 1. The molecule has 138 valence electrons. The first-order valence-corrected chi connectivity index (χ1v) is 9.86. The molecular weight excluding hydrogens is 348 g/mol. The second kappa shape index (κ2) is 9.38. The van der Waals surface area contributed by atoms with Crippen LogP contribution < -0.4 is 0 Å². The fourth-order valence-corrected chi connectivity index (χ4v) is 3.71. The fraction of sp³-hybridized carbons (Fsp3) is 0.400. The van der Waals surface area contributed by atoms with E-state index in [0.717, 1.165) is 18.4 Å². The van der Waals surface area contributed by atoms with Gasteiger partial charge in [-0.15, -0.1) is 11.3 Å². The second-order valence-corrected chi connectivity index (χ2v) is 7.37. The van der Waals surface area contributed by atoms with Crippen LogP contribution in [0.2, 0.25) is 0 Å². The molecule has 1 aromatic carbocycles. The van der Waals surface area contributed by atoms with Gasteiger partial charge in [-0.25, -0.2) is 4.79 Å². The summed E-state index contributed by atoms with van der Waals surface area (Å²) in [6.07, 6.45) is 1.79. The Morgan fingerprint density at radius 3 is 2.50 bits per heavy atom. The highest BCUT2D eigenvalue weighted by molar-refractivity contribution is 7.09. The summed E-state index contributed by atoms with van der Waals surface area (Å²) in [5.74, 6) is 0.165. The number of nitrogens with zero attached hydrogens (tertiary/aromatic N) is 2. The predicted octanol–water partition coefficient (Wildman–Crippen LogP) is 3.55. The van der Waals surface area contributed by atoms with Crippen LogP contribution in [0.3, 0.4) is 0 Å². The molecule has 26 heavy (non-hydrogen) atoms. The van der Waals surface area contributed by atoms with Gasteiger partial charge in [0.25, 0.3) is 0 Å². The van der Waals surface area contributed by atoms with Crippen LogP contribution in [0.5, 0.6) is 0 Å². The van der Waals surface area contributed by atoms with Gasteiger partial charge in [0, 0.05) is 37.5 Å². The largest absolute Gasteiger partial charge is 0.445 e. The first-order valence-electron chi connectivity index (χ1n) is 8.98. The molecule has 1 fully saturated rings. The number of ether oxygens (including phenoxy) is 1. The quantitative estimate of drug-likeness (QED) is 0.806. The zero-order chi connectivity index (χ0) is 18.2. The molecule has 0 saturated carbocycles. The van der Waals surface area contributed by atoms with E-state index in [2.05, 4.69) is 6.07 Å². The minimum Gasteiger partial charge on any atom is -0.445 e. The highest BCUT2D eigenvalue weighted by atomic mass is 32.1. The van der Waals surface area contributed by atoms with Gasteiger partial charge in [-0.2, -0.15) is 0 Å². The molecule has 3 rings (SSSR count). The SMILES string of the molecule is O=C(CCc1cccs1)N1CCCN(C(=O)OCc2ccccc2)CC1. The highest BCUT2D eigenvalue weighted by Gasteiger charge is 2.22. The van der Waals surface area contributed by atoms with Gasteiger partial charge in [0.05, 0.1) is 0 Å².